The van der Waals surface area contributed by atoms with Crippen molar-refractivity contribution >= 4 is 5.91 Å². The molecule has 1 aromatic carbocycles. The van der Waals surface area contributed by atoms with Crippen molar-refractivity contribution in [2.75, 3.05) is 0 Å². The molecule has 1 aromatic rings. The maximum Gasteiger partial charge on any atom is 0.221 e. The third-order valence-electron chi connectivity index (χ3n) is 4.22. The average Bonchev–Trinajstić information content (AvgIpc) is 2.71. The molecule has 1 amide bonds. The lowest BCUT2D eigenvalue weighted by atomic mass is 9.82. The Bertz CT molecular complexity index is 546. The minimum Gasteiger partial charge on any atom is -0.487 e. The standard InChI is InChI=1S/C16H21NO2/c1-15(2)9-10-6-5-7-11(14(10)19-15)12-8-13(18)17-16(12,3)4/h5-7,12H,8-9H2,1-4H3,(H,17,18). The summed E-state index contributed by atoms with van der Waals surface area (Å²) in [6.45, 7) is 8.39. The molecule has 0 spiro atoms. The van der Waals surface area contributed by atoms with Crippen molar-refractivity contribution in [3.63, 3.8) is 0 Å². The van der Waals surface area contributed by atoms with E-state index in [-0.39, 0.29) is 23.0 Å². The second-order valence-corrected chi connectivity index (χ2v) is 6.90. The van der Waals surface area contributed by atoms with Gasteiger partial charge in [0.25, 0.3) is 0 Å². The van der Waals surface area contributed by atoms with E-state index in [1.54, 1.807) is 0 Å². The minimum absolute atomic E-state index is 0.130. The fourth-order valence-corrected chi connectivity index (χ4v) is 3.35. The summed E-state index contributed by atoms with van der Waals surface area (Å²) in [5.41, 5.74) is 2.09. The Balaban J connectivity index is 2.05. The first-order valence-corrected chi connectivity index (χ1v) is 6.90. The predicted molar refractivity (Wildman–Crippen MR) is 74.4 cm³/mol. The van der Waals surface area contributed by atoms with Crippen LogP contribution >= 0.6 is 0 Å². The van der Waals surface area contributed by atoms with Gasteiger partial charge in [-0.05, 0) is 33.3 Å². The number of para-hydroxylation sites is 1. The maximum absolute atomic E-state index is 11.7. The van der Waals surface area contributed by atoms with Gasteiger partial charge >= 0.3 is 0 Å². The van der Waals surface area contributed by atoms with Crippen LogP contribution in [0.4, 0.5) is 0 Å². The van der Waals surface area contributed by atoms with E-state index in [0.717, 1.165) is 12.2 Å². The first-order chi connectivity index (χ1) is 8.78. The molecule has 1 fully saturated rings. The molecule has 3 heteroatoms. The van der Waals surface area contributed by atoms with E-state index in [1.165, 1.54) is 11.1 Å². The zero-order chi connectivity index (χ0) is 13.8. The first kappa shape index (κ1) is 12.5. The first-order valence-electron chi connectivity index (χ1n) is 6.90. The third-order valence-corrected chi connectivity index (χ3v) is 4.22. The number of rotatable bonds is 1. The van der Waals surface area contributed by atoms with Crippen LogP contribution in [0.2, 0.25) is 0 Å². The van der Waals surface area contributed by atoms with Crippen LogP contribution in [0.25, 0.3) is 0 Å². The molecule has 3 rings (SSSR count). The van der Waals surface area contributed by atoms with Crippen molar-refractivity contribution < 1.29 is 9.53 Å². The van der Waals surface area contributed by atoms with Crippen LogP contribution in [0.15, 0.2) is 18.2 Å². The van der Waals surface area contributed by atoms with Crippen molar-refractivity contribution in [2.24, 2.45) is 0 Å². The van der Waals surface area contributed by atoms with Crippen LogP contribution in [-0.2, 0) is 11.2 Å². The van der Waals surface area contributed by atoms with Crippen molar-refractivity contribution in [3.05, 3.63) is 29.3 Å². The Morgan fingerprint density at radius 3 is 2.63 bits per heavy atom. The van der Waals surface area contributed by atoms with Crippen LogP contribution in [0, 0.1) is 0 Å². The normalized spacial score (nSPS) is 26.7. The lowest BCUT2D eigenvalue weighted by molar-refractivity contribution is -0.119. The monoisotopic (exact) mass is 259 g/mol. The van der Waals surface area contributed by atoms with Gasteiger partial charge in [-0.2, -0.15) is 0 Å². The van der Waals surface area contributed by atoms with E-state index in [2.05, 4.69) is 51.2 Å². The highest BCUT2D eigenvalue weighted by Crippen LogP contribution is 2.46. The van der Waals surface area contributed by atoms with Gasteiger partial charge in [-0.3, -0.25) is 4.79 Å². The second-order valence-electron chi connectivity index (χ2n) is 6.90. The van der Waals surface area contributed by atoms with E-state index in [9.17, 15) is 4.79 Å². The fourth-order valence-electron chi connectivity index (χ4n) is 3.35. The van der Waals surface area contributed by atoms with Gasteiger partial charge in [-0.25, -0.2) is 0 Å². The topological polar surface area (TPSA) is 38.3 Å². The maximum atomic E-state index is 11.7. The van der Waals surface area contributed by atoms with Gasteiger partial charge in [0.15, 0.2) is 0 Å². The summed E-state index contributed by atoms with van der Waals surface area (Å²) in [7, 11) is 0. The Labute approximate surface area is 114 Å². The fraction of sp³-hybridized carbons (Fsp3) is 0.562. The van der Waals surface area contributed by atoms with E-state index < -0.39 is 0 Å². The molecular formula is C16H21NO2. The molecule has 0 aromatic heterocycles. The summed E-state index contributed by atoms with van der Waals surface area (Å²) >= 11 is 0. The number of carbonyl (C=O) groups is 1. The number of fused-ring (bicyclic) bond motifs is 1. The molecule has 0 radical (unpaired) electrons. The number of hydrogen-bond acceptors (Lipinski definition) is 2. The van der Waals surface area contributed by atoms with Gasteiger partial charge in [0.05, 0.1) is 0 Å². The summed E-state index contributed by atoms with van der Waals surface area (Å²) in [5, 5.41) is 3.06. The number of benzene rings is 1. The third kappa shape index (κ3) is 2.01. The van der Waals surface area contributed by atoms with E-state index in [4.69, 9.17) is 4.74 Å². The van der Waals surface area contributed by atoms with Crippen LogP contribution in [0.3, 0.4) is 0 Å². The van der Waals surface area contributed by atoms with Crippen molar-refractivity contribution in [2.45, 2.75) is 57.6 Å². The summed E-state index contributed by atoms with van der Waals surface area (Å²) in [4.78, 5) is 11.7. The molecule has 0 bridgehead atoms. The minimum atomic E-state index is -0.206. The smallest absolute Gasteiger partial charge is 0.221 e. The van der Waals surface area contributed by atoms with Crippen LogP contribution in [0.5, 0.6) is 5.75 Å². The molecule has 3 nitrogen and oxygen atoms in total. The Kier molecular flexibility index (Phi) is 2.47. The lowest BCUT2D eigenvalue weighted by Gasteiger charge is -2.28. The Morgan fingerprint density at radius 1 is 1.26 bits per heavy atom. The van der Waals surface area contributed by atoms with Crippen LogP contribution < -0.4 is 10.1 Å². The van der Waals surface area contributed by atoms with Gasteiger partial charge in [0.1, 0.15) is 11.4 Å². The van der Waals surface area contributed by atoms with Gasteiger partial charge in [0, 0.05) is 29.9 Å². The number of ether oxygens (including phenoxy) is 1. The predicted octanol–water partition coefficient (Wildman–Crippen LogP) is 2.78. The molecular weight excluding hydrogens is 238 g/mol. The van der Waals surface area contributed by atoms with Crippen molar-refractivity contribution in [1.29, 1.82) is 0 Å². The molecule has 2 aliphatic rings. The molecule has 0 aliphatic carbocycles. The molecule has 0 saturated carbocycles. The van der Waals surface area contributed by atoms with E-state index in [0.29, 0.717) is 6.42 Å². The zero-order valence-corrected chi connectivity index (χ0v) is 12.0. The molecule has 2 aliphatic heterocycles. The molecule has 1 N–H and O–H groups in total. The molecule has 19 heavy (non-hydrogen) atoms. The summed E-state index contributed by atoms with van der Waals surface area (Å²) in [6, 6.07) is 6.31. The van der Waals surface area contributed by atoms with E-state index >= 15 is 0 Å². The Morgan fingerprint density at radius 2 is 2.00 bits per heavy atom. The molecule has 1 unspecified atom stereocenters. The van der Waals surface area contributed by atoms with Gasteiger partial charge in [0.2, 0.25) is 5.91 Å². The SMILES string of the molecule is CC1(C)Cc2cccc(C3CC(=O)NC3(C)C)c2O1. The number of carbonyl (C=O) groups excluding carboxylic acids is 1. The number of nitrogens with one attached hydrogen (secondary N) is 1. The van der Waals surface area contributed by atoms with Crippen LogP contribution in [0.1, 0.15) is 51.2 Å². The van der Waals surface area contributed by atoms with Crippen molar-refractivity contribution in [3.8, 4) is 5.75 Å². The highest BCUT2D eigenvalue weighted by molar-refractivity contribution is 5.81. The molecule has 102 valence electrons. The number of amides is 1. The van der Waals surface area contributed by atoms with Crippen LogP contribution in [-0.4, -0.2) is 17.0 Å². The highest BCUT2D eigenvalue weighted by atomic mass is 16.5. The average molecular weight is 259 g/mol. The van der Waals surface area contributed by atoms with Gasteiger partial charge in [-0.1, -0.05) is 18.2 Å². The molecule has 2 heterocycles. The Hall–Kier alpha value is -1.51. The lowest BCUT2D eigenvalue weighted by Crippen LogP contribution is -2.38. The summed E-state index contributed by atoms with van der Waals surface area (Å²) < 4.78 is 6.13. The molecule has 1 atom stereocenters. The zero-order valence-electron chi connectivity index (χ0n) is 12.0. The summed E-state index contributed by atoms with van der Waals surface area (Å²) in [5.74, 6) is 1.32. The van der Waals surface area contributed by atoms with Crippen molar-refractivity contribution in [1.82, 2.24) is 5.32 Å². The van der Waals surface area contributed by atoms with Gasteiger partial charge in [-0.15, -0.1) is 0 Å². The molecule has 1 saturated heterocycles. The second kappa shape index (κ2) is 3.75. The summed E-state index contributed by atoms with van der Waals surface area (Å²) in [6.07, 6.45) is 1.48. The number of hydrogen-bond donors (Lipinski definition) is 1. The largest absolute Gasteiger partial charge is 0.487 e. The van der Waals surface area contributed by atoms with Gasteiger partial charge < -0.3 is 10.1 Å². The highest BCUT2D eigenvalue weighted by Gasteiger charge is 2.43. The van der Waals surface area contributed by atoms with E-state index in [1.807, 2.05) is 0 Å². The quantitative estimate of drug-likeness (QED) is 0.842.